The predicted molar refractivity (Wildman–Crippen MR) is 98.7 cm³/mol. The normalized spacial score (nSPS) is 30.1. The molecular formula is C18H23Cl3O4. The second-order valence-electron chi connectivity index (χ2n) is 6.33. The molecule has 0 bridgehead atoms. The summed E-state index contributed by atoms with van der Waals surface area (Å²) in [6.45, 7) is 6.56. The molecule has 1 saturated heterocycles. The maximum atomic E-state index is 12.0. The number of hydrogen-bond donors (Lipinski definition) is 0. The monoisotopic (exact) mass is 408 g/mol. The van der Waals surface area contributed by atoms with Gasteiger partial charge in [0.05, 0.1) is 12.7 Å². The standard InChI is InChI=1S/C18H23Cl3O4/c1-4-14-11(2)12(3)15(23-10-13-8-6-5-7-9-13)16(24-14)25-17(22)18(19,20)21/h5-9,11-12,14-16H,4,10H2,1-3H3. The number of carbonyl (C=O) groups excluding carboxylic acids is 1. The molecule has 0 saturated carbocycles. The van der Waals surface area contributed by atoms with Crippen LogP contribution in [-0.4, -0.2) is 28.3 Å². The third kappa shape index (κ3) is 5.48. The molecule has 1 aromatic rings. The fraction of sp³-hybridized carbons (Fsp3) is 0.611. The molecule has 5 unspecified atom stereocenters. The first-order valence-electron chi connectivity index (χ1n) is 8.32. The van der Waals surface area contributed by atoms with Crippen LogP contribution in [0.3, 0.4) is 0 Å². The molecule has 0 N–H and O–H groups in total. The molecule has 140 valence electrons. The summed E-state index contributed by atoms with van der Waals surface area (Å²) in [5, 5.41) is 0. The summed E-state index contributed by atoms with van der Waals surface area (Å²) in [6, 6.07) is 9.75. The van der Waals surface area contributed by atoms with Crippen molar-refractivity contribution in [3.63, 3.8) is 0 Å². The molecule has 7 heteroatoms. The lowest BCUT2D eigenvalue weighted by molar-refractivity contribution is -0.273. The lowest BCUT2D eigenvalue weighted by Gasteiger charge is -2.43. The summed E-state index contributed by atoms with van der Waals surface area (Å²) in [6.07, 6.45) is -0.629. The highest BCUT2D eigenvalue weighted by Gasteiger charge is 2.45. The van der Waals surface area contributed by atoms with Crippen molar-refractivity contribution in [2.45, 2.75) is 56.1 Å². The number of halogens is 3. The van der Waals surface area contributed by atoms with Gasteiger partial charge in [-0.3, -0.25) is 0 Å². The van der Waals surface area contributed by atoms with E-state index < -0.39 is 22.2 Å². The van der Waals surface area contributed by atoms with Crippen LogP contribution in [0, 0.1) is 11.8 Å². The highest BCUT2D eigenvalue weighted by Crippen LogP contribution is 2.37. The Morgan fingerprint density at radius 2 is 1.80 bits per heavy atom. The zero-order valence-electron chi connectivity index (χ0n) is 14.5. The molecule has 5 atom stereocenters. The molecule has 0 spiro atoms. The van der Waals surface area contributed by atoms with Gasteiger partial charge in [0.25, 0.3) is 3.79 Å². The Morgan fingerprint density at radius 1 is 1.16 bits per heavy atom. The van der Waals surface area contributed by atoms with Gasteiger partial charge in [0.2, 0.25) is 6.29 Å². The summed E-state index contributed by atoms with van der Waals surface area (Å²) in [5.74, 6) is -0.614. The summed E-state index contributed by atoms with van der Waals surface area (Å²) in [7, 11) is 0. The van der Waals surface area contributed by atoms with Gasteiger partial charge in [-0.15, -0.1) is 0 Å². The molecule has 1 heterocycles. The van der Waals surface area contributed by atoms with E-state index in [0.717, 1.165) is 12.0 Å². The smallest absolute Gasteiger partial charge is 0.360 e. The van der Waals surface area contributed by atoms with Gasteiger partial charge in [-0.25, -0.2) is 4.79 Å². The third-order valence-corrected chi connectivity index (χ3v) is 5.12. The average molecular weight is 410 g/mol. The fourth-order valence-corrected chi connectivity index (χ4v) is 3.13. The zero-order valence-corrected chi connectivity index (χ0v) is 16.7. The van der Waals surface area contributed by atoms with Gasteiger partial charge in [0.15, 0.2) is 0 Å². The van der Waals surface area contributed by atoms with E-state index in [1.807, 2.05) is 37.3 Å². The van der Waals surface area contributed by atoms with Crippen molar-refractivity contribution in [1.82, 2.24) is 0 Å². The van der Waals surface area contributed by atoms with Crippen LogP contribution in [0.25, 0.3) is 0 Å². The summed E-state index contributed by atoms with van der Waals surface area (Å²) in [4.78, 5) is 12.0. The van der Waals surface area contributed by atoms with Crippen LogP contribution in [0.1, 0.15) is 32.8 Å². The minimum atomic E-state index is -2.15. The number of hydrogen-bond acceptors (Lipinski definition) is 4. The van der Waals surface area contributed by atoms with Crippen LogP contribution in [0.4, 0.5) is 0 Å². The number of ether oxygens (including phenoxy) is 3. The number of alkyl halides is 3. The molecule has 1 fully saturated rings. The van der Waals surface area contributed by atoms with E-state index in [9.17, 15) is 4.79 Å². The van der Waals surface area contributed by atoms with Gasteiger partial charge < -0.3 is 14.2 Å². The average Bonchev–Trinajstić information content (AvgIpc) is 2.57. The highest BCUT2D eigenvalue weighted by atomic mass is 35.6. The molecule has 1 aliphatic rings. The summed E-state index contributed by atoms with van der Waals surface area (Å²) < 4.78 is 15.2. The molecule has 1 aliphatic heterocycles. The Hall–Kier alpha value is -0.520. The van der Waals surface area contributed by atoms with E-state index in [1.54, 1.807) is 0 Å². The van der Waals surface area contributed by atoms with E-state index in [-0.39, 0.29) is 17.9 Å². The van der Waals surface area contributed by atoms with Crippen LogP contribution >= 0.6 is 34.8 Å². The van der Waals surface area contributed by atoms with Gasteiger partial charge >= 0.3 is 5.97 Å². The van der Waals surface area contributed by atoms with Gasteiger partial charge in [0.1, 0.15) is 6.10 Å². The minimum absolute atomic E-state index is 0.0558. The lowest BCUT2D eigenvalue weighted by Crippen LogP contribution is -2.52. The molecule has 2 rings (SSSR count). The Morgan fingerprint density at radius 3 is 2.36 bits per heavy atom. The summed E-state index contributed by atoms with van der Waals surface area (Å²) in [5.41, 5.74) is 1.02. The molecule has 4 nitrogen and oxygen atoms in total. The Balaban J connectivity index is 2.13. The lowest BCUT2D eigenvalue weighted by atomic mass is 9.82. The van der Waals surface area contributed by atoms with E-state index in [1.165, 1.54) is 0 Å². The molecule has 25 heavy (non-hydrogen) atoms. The van der Waals surface area contributed by atoms with Crippen LogP contribution in [0.15, 0.2) is 30.3 Å². The van der Waals surface area contributed by atoms with Crippen LogP contribution < -0.4 is 0 Å². The zero-order chi connectivity index (χ0) is 18.6. The van der Waals surface area contributed by atoms with E-state index in [2.05, 4.69) is 13.8 Å². The second-order valence-corrected chi connectivity index (χ2v) is 8.61. The first kappa shape index (κ1) is 20.8. The van der Waals surface area contributed by atoms with Crippen molar-refractivity contribution in [3.05, 3.63) is 35.9 Å². The Labute approximate surface area is 163 Å². The van der Waals surface area contributed by atoms with Crippen molar-refractivity contribution < 1.29 is 19.0 Å². The maximum Gasteiger partial charge on any atom is 0.360 e. The molecule has 0 radical (unpaired) electrons. The van der Waals surface area contributed by atoms with Crippen molar-refractivity contribution in [1.29, 1.82) is 0 Å². The Bertz CT molecular complexity index is 561. The second kappa shape index (κ2) is 8.92. The van der Waals surface area contributed by atoms with Gasteiger partial charge in [-0.1, -0.05) is 85.9 Å². The van der Waals surface area contributed by atoms with Crippen molar-refractivity contribution in [2.75, 3.05) is 0 Å². The third-order valence-electron chi connectivity index (χ3n) is 4.65. The number of rotatable bonds is 5. The van der Waals surface area contributed by atoms with Gasteiger partial charge in [-0.2, -0.15) is 0 Å². The Kier molecular flexibility index (Phi) is 7.41. The molecular weight excluding hydrogens is 387 g/mol. The largest absolute Gasteiger partial charge is 0.430 e. The first-order valence-corrected chi connectivity index (χ1v) is 9.46. The van der Waals surface area contributed by atoms with Crippen LogP contribution in [0.2, 0.25) is 0 Å². The van der Waals surface area contributed by atoms with Crippen molar-refractivity contribution >= 4 is 40.8 Å². The number of esters is 1. The quantitative estimate of drug-likeness (QED) is 0.513. The SMILES string of the molecule is CCC1OC(OC(=O)C(Cl)(Cl)Cl)C(OCc2ccccc2)C(C)C1C. The predicted octanol–water partition coefficient (Wildman–Crippen LogP) is 4.89. The molecule has 1 aromatic carbocycles. The first-order chi connectivity index (χ1) is 11.7. The van der Waals surface area contributed by atoms with E-state index >= 15 is 0 Å². The van der Waals surface area contributed by atoms with E-state index in [0.29, 0.717) is 6.61 Å². The van der Waals surface area contributed by atoms with Gasteiger partial charge in [0, 0.05) is 0 Å². The van der Waals surface area contributed by atoms with Crippen molar-refractivity contribution in [3.8, 4) is 0 Å². The van der Waals surface area contributed by atoms with Crippen molar-refractivity contribution in [2.24, 2.45) is 11.8 Å². The maximum absolute atomic E-state index is 12.0. The topological polar surface area (TPSA) is 44.8 Å². The number of benzene rings is 1. The van der Waals surface area contributed by atoms with Crippen LogP contribution in [-0.2, 0) is 25.6 Å². The molecule has 0 aliphatic carbocycles. The molecule has 0 amide bonds. The van der Waals surface area contributed by atoms with Crippen LogP contribution in [0.5, 0.6) is 0 Å². The van der Waals surface area contributed by atoms with Gasteiger partial charge in [-0.05, 0) is 23.8 Å². The minimum Gasteiger partial charge on any atom is -0.430 e. The summed E-state index contributed by atoms with van der Waals surface area (Å²) >= 11 is 16.9. The number of carbonyl (C=O) groups is 1. The fourth-order valence-electron chi connectivity index (χ4n) is 2.99. The molecule has 0 aromatic heterocycles. The highest BCUT2D eigenvalue weighted by molar-refractivity contribution is 6.75. The van der Waals surface area contributed by atoms with E-state index in [4.69, 9.17) is 49.0 Å².